The normalized spacial score (nSPS) is 10.8. The molecule has 0 aliphatic carbocycles. The predicted octanol–water partition coefficient (Wildman–Crippen LogP) is 3.74. The van der Waals surface area contributed by atoms with E-state index in [0.717, 1.165) is 16.7 Å². The van der Waals surface area contributed by atoms with Crippen LogP contribution in [0.15, 0.2) is 90.0 Å². The van der Waals surface area contributed by atoms with E-state index in [9.17, 15) is 9.59 Å². The highest BCUT2D eigenvalue weighted by Gasteiger charge is 2.22. The summed E-state index contributed by atoms with van der Waals surface area (Å²) in [6.45, 7) is -0.179. The van der Waals surface area contributed by atoms with Crippen molar-refractivity contribution in [3.8, 4) is 0 Å². The van der Waals surface area contributed by atoms with E-state index in [-0.39, 0.29) is 12.5 Å². The zero-order chi connectivity index (χ0) is 20.5. The smallest absolute Gasteiger partial charge is 0.259 e. The Hall–Kier alpha value is -3.44. The van der Waals surface area contributed by atoms with Crippen molar-refractivity contribution in [1.82, 2.24) is 10.7 Å². The second-order valence-electron chi connectivity index (χ2n) is 6.32. The van der Waals surface area contributed by atoms with Crippen LogP contribution in [0.4, 0.5) is 0 Å². The number of rotatable bonds is 7. The molecule has 3 rings (SSSR count). The lowest BCUT2D eigenvalue weighted by Gasteiger charge is -2.17. The maximum Gasteiger partial charge on any atom is 0.259 e. The van der Waals surface area contributed by atoms with Gasteiger partial charge in [-0.25, -0.2) is 5.43 Å². The van der Waals surface area contributed by atoms with Crippen molar-refractivity contribution >= 4 is 29.6 Å². The van der Waals surface area contributed by atoms with Crippen LogP contribution in [0.1, 0.15) is 22.6 Å². The second kappa shape index (κ2) is 10.2. The summed E-state index contributed by atoms with van der Waals surface area (Å²) in [5.74, 6) is -1.17. The molecule has 0 spiro atoms. The molecule has 0 radical (unpaired) electrons. The van der Waals surface area contributed by atoms with E-state index in [1.807, 2.05) is 66.7 Å². The molecule has 2 amide bonds. The lowest BCUT2D eigenvalue weighted by molar-refractivity contribution is -0.126. The quantitative estimate of drug-likeness (QED) is 0.464. The molecule has 0 saturated heterocycles. The Morgan fingerprint density at radius 3 is 2.10 bits per heavy atom. The van der Waals surface area contributed by atoms with Crippen LogP contribution < -0.4 is 10.7 Å². The van der Waals surface area contributed by atoms with Crippen LogP contribution in [0.5, 0.6) is 0 Å². The minimum atomic E-state index is -0.500. The van der Waals surface area contributed by atoms with Crippen LogP contribution in [0, 0.1) is 0 Å². The zero-order valence-corrected chi connectivity index (χ0v) is 16.3. The number of hydrogen-bond donors (Lipinski definition) is 2. The summed E-state index contributed by atoms with van der Waals surface area (Å²) < 4.78 is 0. The number of benzene rings is 3. The summed E-state index contributed by atoms with van der Waals surface area (Å²) in [7, 11) is 0. The molecule has 3 aromatic carbocycles. The maximum atomic E-state index is 12.8. The van der Waals surface area contributed by atoms with Gasteiger partial charge in [-0.2, -0.15) is 5.10 Å². The highest BCUT2D eigenvalue weighted by Crippen LogP contribution is 2.24. The maximum absolute atomic E-state index is 12.8. The highest BCUT2D eigenvalue weighted by molar-refractivity contribution is 6.30. The van der Waals surface area contributed by atoms with Crippen molar-refractivity contribution in [1.29, 1.82) is 0 Å². The van der Waals surface area contributed by atoms with E-state index < -0.39 is 11.8 Å². The summed E-state index contributed by atoms with van der Waals surface area (Å²) in [5, 5.41) is 7.16. The Bertz CT molecular complexity index is 952. The van der Waals surface area contributed by atoms with E-state index in [1.165, 1.54) is 6.21 Å². The highest BCUT2D eigenvalue weighted by atomic mass is 35.5. The lowest BCUT2D eigenvalue weighted by atomic mass is 9.90. The van der Waals surface area contributed by atoms with Gasteiger partial charge in [0.05, 0.1) is 18.7 Å². The molecular weight excluding hydrogens is 386 g/mol. The molecule has 3 aromatic rings. The van der Waals surface area contributed by atoms with Crippen LogP contribution >= 0.6 is 11.6 Å². The van der Waals surface area contributed by atoms with Crippen LogP contribution in [0.3, 0.4) is 0 Å². The number of hydrazone groups is 1. The van der Waals surface area contributed by atoms with Gasteiger partial charge in [0, 0.05) is 5.02 Å². The Morgan fingerprint density at radius 2 is 1.52 bits per heavy atom. The first-order chi connectivity index (χ1) is 14.1. The summed E-state index contributed by atoms with van der Waals surface area (Å²) in [6.07, 6.45) is 1.49. The topological polar surface area (TPSA) is 70.6 Å². The number of hydrogen-bond acceptors (Lipinski definition) is 3. The fourth-order valence-corrected chi connectivity index (χ4v) is 3.06. The molecule has 0 aromatic heterocycles. The van der Waals surface area contributed by atoms with E-state index >= 15 is 0 Å². The average molecular weight is 406 g/mol. The first kappa shape index (κ1) is 20.3. The number of carbonyl (C=O) groups excluding carboxylic acids is 2. The van der Waals surface area contributed by atoms with Gasteiger partial charge in [-0.05, 0) is 28.8 Å². The second-order valence-corrected chi connectivity index (χ2v) is 6.76. The standard InChI is InChI=1S/C23H20ClN3O2/c24-20-13-7-8-17(14-20)15-26-27-21(28)16-25-23(29)22(18-9-3-1-4-10-18)19-11-5-2-6-12-19/h1-15,22H,16H2,(H,25,29)(H,27,28)/b26-15+. The molecule has 29 heavy (non-hydrogen) atoms. The first-order valence-corrected chi connectivity index (χ1v) is 9.46. The molecule has 0 saturated carbocycles. The Balaban J connectivity index is 1.60. The fourth-order valence-electron chi connectivity index (χ4n) is 2.86. The summed E-state index contributed by atoms with van der Waals surface area (Å²) in [4.78, 5) is 24.9. The summed E-state index contributed by atoms with van der Waals surface area (Å²) in [6, 6.07) is 26.0. The first-order valence-electron chi connectivity index (χ1n) is 9.08. The molecule has 0 fully saturated rings. The monoisotopic (exact) mass is 405 g/mol. The summed E-state index contributed by atoms with van der Waals surface area (Å²) in [5.41, 5.74) is 4.87. The van der Waals surface area contributed by atoms with E-state index in [0.29, 0.717) is 5.02 Å². The van der Waals surface area contributed by atoms with Gasteiger partial charge in [0.15, 0.2) is 0 Å². The lowest BCUT2D eigenvalue weighted by Crippen LogP contribution is -2.37. The molecule has 5 nitrogen and oxygen atoms in total. The third kappa shape index (κ3) is 6.02. The van der Waals surface area contributed by atoms with Gasteiger partial charge in [0.2, 0.25) is 5.91 Å². The molecule has 0 atom stereocenters. The third-order valence-corrected chi connectivity index (χ3v) is 4.44. The molecule has 0 unspecified atom stereocenters. The number of nitrogens with one attached hydrogen (secondary N) is 2. The van der Waals surface area contributed by atoms with Crippen molar-refractivity contribution < 1.29 is 9.59 Å². The predicted molar refractivity (Wildman–Crippen MR) is 115 cm³/mol. The van der Waals surface area contributed by atoms with Crippen LogP contribution in [0.2, 0.25) is 5.02 Å². The minimum Gasteiger partial charge on any atom is -0.346 e. The van der Waals surface area contributed by atoms with Gasteiger partial charge < -0.3 is 5.32 Å². The molecule has 0 aliphatic rings. The van der Waals surface area contributed by atoms with Gasteiger partial charge in [0.1, 0.15) is 0 Å². The van der Waals surface area contributed by atoms with Crippen molar-refractivity contribution in [2.45, 2.75) is 5.92 Å². The van der Waals surface area contributed by atoms with Crippen LogP contribution in [-0.4, -0.2) is 24.6 Å². The molecule has 2 N–H and O–H groups in total. The van der Waals surface area contributed by atoms with Crippen LogP contribution in [0.25, 0.3) is 0 Å². The van der Waals surface area contributed by atoms with Gasteiger partial charge in [-0.15, -0.1) is 0 Å². The SMILES string of the molecule is O=C(CNC(=O)C(c1ccccc1)c1ccccc1)N/N=C/c1cccc(Cl)c1. The Kier molecular flexibility index (Phi) is 7.14. The van der Waals surface area contributed by atoms with Crippen molar-refractivity contribution in [3.63, 3.8) is 0 Å². The number of amides is 2. The Morgan fingerprint density at radius 1 is 0.897 bits per heavy atom. The molecule has 6 heteroatoms. The van der Waals surface area contributed by atoms with Crippen molar-refractivity contribution in [2.24, 2.45) is 5.10 Å². The molecule has 0 heterocycles. The number of nitrogens with zero attached hydrogens (tertiary/aromatic N) is 1. The number of carbonyl (C=O) groups is 2. The third-order valence-electron chi connectivity index (χ3n) is 4.20. The molecule has 146 valence electrons. The minimum absolute atomic E-state index is 0.179. The summed E-state index contributed by atoms with van der Waals surface area (Å²) >= 11 is 5.91. The molecule has 0 aliphatic heterocycles. The van der Waals surface area contributed by atoms with Crippen molar-refractivity contribution in [3.05, 3.63) is 107 Å². The fraction of sp³-hybridized carbons (Fsp3) is 0.0870. The van der Waals surface area contributed by atoms with Gasteiger partial charge in [0.25, 0.3) is 5.91 Å². The largest absolute Gasteiger partial charge is 0.346 e. The zero-order valence-electron chi connectivity index (χ0n) is 15.6. The van der Waals surface area contributed by atoms with Gasteiger partial charge in [-0.3, -0.25) is 9.59 Å². The van der Waals surface area contributed by atoms with E-state index in [2.05, 4.69) is 15.8 Å². The van der Waals surface area contributed by atoms with Gasteiger partial charge in [-0.1, -0.05) is 84.4 Å². The van der Waals surface area contributed by atoms with Crippen molar-refractivity contribution in [2.75, 3.05) is 6.54 Å². The van der Waals surface area contributed by atoms with E-state index in [4.69, 9.17) is 11.6 Å². The van der Waals surface area contributed by atoms with Gasteiger partial charge >= 0.3 is 0 Å². The molecule has 0 bridgehead atoms. The van der Waals surface area contributed by atoms with Crippen LogP contribution in [-0.2, 0) is 9.59 Å². The average Bonchev–Trinajstić information content (AvgIpc) is 2.74. The Labute approximate surface area is 174 Å². The number of halogens is 1. The van der Waals surface area contributed by atoms with E-state index in [1.54, 1.807) is 18.2 Å². The molecular formula is C23H20ClN3O2.